The van der Waals surface area contributed by atoms with Gasteiger partial charge < -0.3 is 5.73 Å². The van der Waals surface area contributed by atoms with Crippen LogP contribution >= 0.6 is 11.3 Å². The zero-order valence-electron chi connectivity index (χ0n) is 5.50. The van der Waals surface area contributed by atoms with E-state index in [0.29, 0.717) is 13.1 Å². The highest BCUT2D eigenvalue weighted by Crippen LogP contribution is 2.16. The maximum atomic E-state index is 6.61. The normalized spacial score (nSPS) is 9.70. The second kappa shape index (κ2) is 3.43. The number of nitrogens with one attached hydrogen (secondary N) is 1. The third kappa shape index (κ3) is 1.62. The lowest BCUT2D eigenvalue weighted by Crippen LogP contribution is -1.91. The summed E-state index contributed by atoms with van der Waals surface area (Å²) in [5, 5.41) is 3.27. The molecule has 0 saturated carbocycles. The molecule has 0 aliphatic rings. The van der Waals surface area contributed by atoms with Crippen LogP contribution in [0.4, 0.5) is 0 Å². The minimum Gasteiger partial charge on any atom is -0.326 e. The predicted molar refractivity (Wildman–Crippen MR) is 41.1 cm³/mol. The molecule has 1 heterocycles. The molecule has 0 bridgehead atoms. The van der Waals surface area contributed by atoms with Crippen LogP contribution in [-0.2, 0) is 13.1 Å². The van der Waals surface area contributed by atoms with Crippen molar-refractivity contribution in [3.63, 3.8) is 0 Å². The molecule has 0 fully saturated rings. The van der Waals surface area contributed by atoms with Gasteiger partial charge in [0, 0.05) is 16.3 Å². The Morgan fingerprint density at radius 1 is 1.50 bits per heavy atom. The standard InChI is InChI=1S/C6H9N3S/c7-3-5-1-2-6(10-5)4-9-8/h1-2,8H,3-4,7H2. The van der Waals surface area contributed by atoms with Gasteiger partial charge in [0.1, 0.15) is 0 Å². The molecule has 0 unspecified atom stereocenters. The highest BCUT2D eigenvalue weighted by Gasteiger charge is 1.95. The van der Waals surface area contributed by atoms with Gasteiger partial charge in [-0.3, -0.25) is 0 Å². The molecular weight excluding hydrogens is 146 g/mol. The van der Waals surface area contributed by atoms with Gasteiger partial charge in [0.05, 0.1) is 6.54 Å². The average molecular weight is 155 g/mol. The predicted octanol–water partition coefficient (Wildman–Crippen LogP) is 1.74. The summed E-state index contributed by atoms with van der Waals surface area (Å²) in [5.74, 6) is 0. The van der Waals surface area contributed by atoms with E-state index < -0.39 is 0 Å². The van der Waals surface area contributed by atoms with Crippen LogP contribution in [0.5, 0.6) is 0 Å². The fourth-order valence-electron chi connectivity index (χ4n) is 0.695. The second-order valence-corrected chi connectivity index (χ2v) is 3.14. The van der Waals surface area contributed by atoms with Gasteiger partial charge in [0.25, 0.3) is 0 Å². The number of nitrogens with two attached hydrogens (primary N) is 1. The van der Waals surface area contributed by atoms with E-state index in [-0.39, 0.29) is 0 Å². The van der Waals surface area contributed by atoms with Crippen molar-refractivity contribution < 1.29 is 0 Å². The first kappa shape index (κ1) is 7.37. The molecule has 0 aromatic carbocycles. The lowest BCUT2D eigenvalue weighted by atomic mass is 10.4. The van der Waals surface area contributed by atoms with Crippen molar-refractivity contribution in [2.24, 2.45) is 10.8 Å². The minimum absolute atomic E-state index is 0.491. The second-order valence-electron chi connectivity index (χ2n) is 1.89. The van der Waals surface area contributed by atoms with Gasteiger partial charge in [0.2, 0.25) is 0 Å². The van der Waals surface area contributed by atoms with Crippen LogP contribution in [0.2, 0.25) is 0 Å². The van der Waals surface area contributed by atoms with Gasteiger partial charge >= 0.3 is 0 Å². The first-order valence-electron chi connectivity index (χ1n) is 2.97. The van der Waals surface area contributed by atoms with E-state index in [1.165, 1.54) is 0 Å². The van der Waals surface area contributed by atoms with E-state index >= 15 is 0 Å². The number of thiophene rings is 1. The molecule has 1 aromatic heterocycles. The minimum atomic E-state index is 0.491. The Balaban J connectivity index is 2.67. The molecule has 0 amide bonds. The summed E-state index contributed by atoms with van der Waals surface area (Å²) in [4.78, 5) is 2.26. The lowest BCUT2D eigenvalue weighted by Gasteiger charge is -1.84. The largest absolute Gasteiger partial charge is 0.326 e. The summed E-state index contributed by atoms with van der Waals surface area (Å²) >= 11 is 1.62. The molecule has 54 valence electrons. The van der Waals surface area contributed by atoms with E-state index in [4.69, 9.17) is 11.3 Å². The Morgan fingerprint density at radius 3 is 2.70 bits per heavy atom. The van der Waals surface area contributed by atoms with Crippen LogP contribution in [0.1, 0.15) is 9.75 Å². The summed E-state index contributed by atoms with van der Waals surface area (Å²) < 4.78 is 0. The van der Waals surface area contributed by atoms with E-state index in [9.17, 15) is 0 Å². The van der Waals surface area contributed by atoms with Crippen molar-refractivity contribution in [3.8, 4) is 0 Å². The fourth-order valence-corrected chi connectivity index (χ4v) is 1.52. The molecule has 1 aromatic rings. The monoisotopic (exact) mass is 155 g/mol. The van der Waals surface area contributed by atoms with Gasteiger partial charge in [-0.15, -0.1) is 11.3 Å². The van der Waals surface area contributed by atoms with Crippen LogP contribution in [0.15, 0.2) is 17.2 Å². The van der Waals surface area contributed by atoms with Crippen molar-refractivity contribution >= 4 is 11.3 Å². The number of hydrogen-bond acceptors (Lipinski definition) is 4. The van der Waals surface area contributed by atoms with Gasteiger partial charge in [-0.25, -0.2) is 5.53 Å². The number of hydrogen-bond donors (Lipinski definition) is 2. The SMILES string of the molecule is N=NCc1ccc(CN)s1. The molecule has 10 heavy (non-hydrogen) atoms. The number of nitrogens with zero attached hydrogens (tertiary/aromatic N) is 1. The van der Waals surface area contributed by atoms with Crippen LogP contribution in [0.3, 0.4) is 0 Å². The molecule has 3 nitrogen and oxygen atoms in total. The van der Waals surface area contributed by atoms with Crippen LogP contribution in [-0.4, -0.2) is 0 Å². The Bertz CT molecular complexity index is 219. The fraction of sp³-hybridized carbons (Fsp3) is 0.333. The number of rotatable bonds is 3. The van der Waals surface area contributed by atoms with Gasteiger partial charge in [-0.2, -0.15) is 5.11 Å². The Morgan fingerprint density at radius 2 is 2.20 bits per heavy atom. The molecule has 4 heteroatoms. The van der Waals surface area contributed by atoms with Crippen molar-refractivity contribution in [2.75, 3.05) is 0 Å². The molecule has 0 aliphatic heterocycles. The molecule has 0 spiro atoms. The van der Waals surface area contributed by atoms with Crippen molar-refractivity contribution in [1.82, 2.24) is 0 Å². The Hall–Kier alpha value is -0.740. The Kier molecular flexibility index (Phi) is 2.53. The zero-order valence-corrected chi connectivity index (χ0v) is 6.32. The molecule has 0 radical (unpaired) electrons. The highest BCUT2D eigenvalue weighted by atomic mass is 32.1. The van der Waals surface area contributed by atoms with Crippen LogP contribution in [0.25, 0.3) is 0 Å². The molecule has 3 N–H and O–H groups in total. The third-order valence-corrected chi connectivity index (χ3v) is 2.25. The molecule has 1 rings (SSSR count). The lowest BCUT2D eigenvalue weighted by molar-refractivity contribution is 0.923. The van der Waals surface area contributed by atoms with Crippen molar-refractivity contribution in [2.45, 2.75) is 13.1 Å². The maximum Gasteiger partial charge on any atom is 0.0939 e. The Labute approximate surface area is 63.4 Å². The van der Waals surface area contributed by atoms with Crippen LogP contribution < -0.4 is 5.73 Å². The summed E-state index contributed by atoms with van der Waals surface area (Å²) in [6, 6.07) is 3.94. The summed E-state index contributed by atoms with van der Waals surface area (Å²) in [7, 11) is 0. The molecule has 0 atom stereocenters. The third-order valence-electron chi connectivity index (χ3n) is 1.15. The van der Waals surface area contributed by atoms with E-state index in [2.05, 4.69) is 5.11 Å². The first-order chi connectivity index (χ1) is 4.86. The van der Waals surface area contributed by atoms with E-state index in [0.717, 1.165) is 9.75 Å². The van der Waals surface area contributed by atoms with E-state index in [1.54, 1.807) is 11.3 Å². The topological polar surface area (TPSA) is 62.2 Å². The smallest absolute Gasteiger partial charge is 0.0939 e. The summed E-state index contributed by atoms with van der Waals surface area (Å²) in [6.07, 6.45) is 0. The van der Waals surface area contributed by atoms with E-state index in [1.807, 2.05) is 12.1 Å². The van der Waals surface area contributed by atoms with Crippen LogP contribution in [0, 0.1) is 5.53 Å². The molecular formula is C6H9N3S. The summed E-state index contributed by atoms with van der Waals surface area (Å²) in [6.45, 7) is 1.08. The first-order valence-corrected chi connectivity index (χ1v) is 3.79. The van der Waals surface area contributed by atoms with Gasteiger partial charge in [-0.05, 0) is 12.1 Å². The van der Waals surface area contributed by atoms with Gasteiger partial charge in [0.15, 0.2) is 0 Å². The molecule has 0 saturated heterocycles. The maximum absolute atomic E-state index is 6.61. The van der Waals surface area contributed by atoms with Crippen molar-refractivity contribution in [3.05, 3.63) is 21.9 Å². The quantitative estimate of drug-likeness (QED) is 0.641. The zero-order chi connectivity index (χ0) is 7.40. The van der Waals surface area contributed by atoms with Gasteiger partial charge in [-0.1, -0.05) is 0 Å². The molecule has 0 aliphatic carbocycles. The summed E-state index contributed by atoms with van der Waals surface area (Å²) in [5.41, 5.74) is 12.0. The van der Waals surface area contributed by atoms with Crippen molar-refractivity contribution in [1.29, 1.82) is 5.53 Å². The highest BCUT2D eigenvalue weighted by molar-refractivity contribution is 7.11. The average Bonchev–Trinajstić information content (AvgIpc) is 2.37.